The molecule has 0 aromatic heterocycles. The summed E-state index contributed by atoms with van der Waals surface area (Å²) in [6.45, 7) is 0.496. The van der Waals surface area contributed by atoms with Crippen LogP contribution in [0, 0.1) is 12.7 Å². The highest BCUT2D eigenvalue weighted by Gasteiger charge is 2.18. The van der Waals surface area contributed by atoms with Gasteiger partial charge in [0.2, 0.25) is 10.0 Å². The van der Waals surface area contributed by atoms with Crippen molar-refractivity contribution < 1.29 is 23.0 Å². The van der Waals surface area contributed by atoms with Crippen molar-refractivity contribution in [3.8, 4) is 0 Å². The molecule has 0 aliphatic heterocycles. The Bertz CT molecular complexity index is 510. The van der Waals surface area contributed by atoms with Gasteiger partial charge in [0, 0.05) is 6.54 Å². The first kappa shape index (κ1) is 14.8. The fraction of sp³-hybridized carbons (Fsp3) is 0.400. The number of nitrogens with one attached hydrogen (secondary N) is 1. The van der Waals surface area contributed by atoms with Crippen LogP contribution in [-0.2, 0) is 10.0 Å². The van der Waals surface area contributed by atoms with Crippen LogP contribution >= 0.6 is 0 Å². The van der Waals surface area contributed by atoms with E-state index in [4.69, 9.17) is 15.9 Å². The SMILES string of the molecule is Cc1cc(S(=O)(=O)NCC(O)CO)cc(N)c1F. The van der Waals surface area contributed by atoms with Gasteiger partial charge in [-0.05, 0) is 24.6 Å². The number of benzene rings is 1. The van der Waals surface area contributed by atoms with E-state index in [0.717, 1.165) is 12.1 Å². The molecule has 102 valence electrons. The molecule has 0 heterocycles. The summed E-state index contributed by atoms with van der Waals surface area (Å²) in [5, 5.41) is 17.6. The minimum atomic E-state index is -3.89. The normalized spacial score (nSPS) is 13.6. The zero-order valence-corrected chi connectivity index (χ0v) is 10.5. The number of hydrogen-bond donors (Lipinski definition) is 4. The standard InChI is InChI=1S/C10H15FN2O4S/c1-6-2-8(3-9(12)10(6)11)18(16,17)13-4-7(15)5-14/h2-3,7,13-15H,4-5,12H2,1H3. The van der Waals surface area contributed by atoms with Crippen molar-refractivity contribution in [1.82, 2.24) is 4.72 Å². The second kappa shape index (κ2) is 5.61. The maximum atomic E-state index is 13.3. The molecular weight excluding hydrogens is 263 g/mol. The number of rotatable bonds is 5. The number of aliphatic hydroxyl groups excluding tert-OH is 2. The predicted octanol–water partition coefficient (Wildman–Crippen LogP) is -0.652. The van der Waals surface area contributed by atoms with Crippen LogP contribution in [0.4, 0.5) is 10.1 Å². The van der Waals surface area contributed by atoms with Crippen molar-refractivity contribution in [2.45, 2.75) is 17.9 Å². The first-order valence-electron chi connectivity index (χ1n) is 5.12. The van der Waals surface area contributed by atoms with Crippen LogP contribution in [-0.4, -0.2) is 37.9 Å². The van der Waals surface area contributed by atoms with Gasteiger partial charge in [-0.2, -0.15) is 0 Å². The molecule has 1 aromatic rings. The smallest absolute Gasteiger partial charge is 0.240 e. The zero-order valence-electron chi connectivity index (χ0n) is 9.72. The second-order valence-electron chi connectivity index (χ2n) is 3.83. The monoisotopic (exact) mass is 278 g/mol. The Labute approximate surface area is 104 Å². The molecule has 1 unspecified atom stereocenters. The number of nitrogen functional groups attached to an aromatic ring is 1. The molecule has 0 saturated carbocycles. The van der Waals surface area contributed by atoms with Gasteiger partial charge in [-0.15, -0.1) is 0 Å². The van der Waals surface area contributed by atoms with Crippen molar-refractivity contribution in [2.75, 3.05) is 18.9 Å². The third kappa shape index (κ3) is 3.39. The van der Waals surface area contributed by atoms with Crippen LogP contribution < -0.4 is 10.5 Å². The molecule has 0 amide bonds. The van der Waals surface area contributed by atoms with Crippen LogP contribution in [0.3, 0.4) is 0 Å². The van der Waals surface area contributed by atoms with Gasteiger partial charge >= 0.3 is 0 Å². The van der Waals surface area contributed by atoms with Crippen molar-refractivity contribution >= 4 is 15.7 Å². The first-order chi connectivity index (χ1) is 8.27. The van der Waals surface area contributed by atoms with Gasteiger partial charge in [-0.3, -0.25) is 0 Å². The summed E-state index contributed by atoms with van der Waals surface area (Å²) < 4.78 is 38.9. The fourth-order valence-electron chi connectivity index (χ4n) is 1.27. The molecule has 0 fully saturated rings. The average Bonchev–Trinajstić information content (AvgIpc) is 2.32. The molecule has 5 N–H and O–H groups in total. The summed E-state index contributed by atoms with van der Waals surface area (Å²) in [5.41, 5.74) is 5.19. The Hall–Kier alpha value is -1.22. The van der Waals surface area contributed by atoms with E-state index in [1.807, 2.05) is 0 Å². The molecule has 0 aliphatic rings. The molecule has 0 saturated heterocycles. The highest BCUT2D eigenvalue weighted by atomic mass is 32.2. The van der Waals surface area contributed by atoms with Crippen LogP contribution in [0.2, 0.25) is 0 Å². The highest BCUT2D eigenvalue weighted by molar-refractivity contribution is 7.89. The van der Waals surface area contributed by atoms with E-state index >= 15 is 0 Å². The summed E-state index contributed by atoms with van der Waals surface area (Å²) in [6.07, 6.45) is -1.20. The molecule has 0 spiro atoms. The lowest BCUT2D eigenvalue weighted by atomic mass is 10.2. The largest absolute Gasteiger partial charge is 0.396 e. The Kier molecular flexibility index (Phi) is 4.63. The lowest BCUT2D eigenvalue weighted by Gasteiger charge is -2.11. The predicted molar refractivity (Wildman–Crippen MR) is 63.8 cm³/mol. The molecule has 18 heavy (non-hydrogen) atoms. The van der Waals surface area contributed by atoms with Crippen molar-refractivity contribution in [3.05, 3.63) is 23.5 Å². The number of aryl methyl sites for hydroxylation is 1. The molecule has 0 aliphatic carbocycles. The molecule has 0 bridgehead atoms. The number of hydrogen-bond acceptors (Lipinski definition) is 5. The van der Waals surface area contributed by atoms with Gasteiger partial charge < -0.3 is 15.9 Å². The average molecular weight is 278 g/mol. The summed E-state index contributed by atoms with van der Waals surface area (Å²) in [4.78, 5) is -0.191. The number of anilines is 1. The summed E-state index contributed by atoms with van der Waals surface area (Å²) in [6, 6.07) is 2.13. The third-order valence-electron chi connectivity index (χ3n) is 2.29. The highest BCUT2D eigenvalue weighted by Crippen LogP contribution is 2.20. The van der Waals surface area contributed by atoms with Gasteiger partial charge in [0.15, 0.2) is 0 Å². The van der Waals surface area contributed by atoms with E-state index in [2.05, 4.69) is 4.72 Å². The number of aliphatic hydroxyl groups is 2. The minimum Gasteiger partial charge on any atom is -0.396 e. The quantitative estimate of drug-likeness (QED) is 0.535. The lowest BCUT2D eigenvalue weighted by Crippen LogP contribution is -2.34. The number of sulfonamides is 1. The Morgan fingerprint density at radius 3 is 2.61 bits per heavy atom. The van der Waals surface area contributed by atoms with E-state index in [1.54, 1.807) is 0 Å². The topological polar surface area (TPSA) is 113 Å². The van der Waals surface area contributed by atoms with Crippen LogP contribution in [0.5, 0.6) is 0 Å². The van der Waals surface area contributed by atoms with Gasteiger partial charge in [-0.1, -0.05) is 0 Å². The van der Waals surface area contributed by atoms with Crippen molar-refractivity contribution in [3.63, 3.8) is 0 Å². The van der Waals surface area contributed by atoms with Gasteiger partial charge in [0.05, 0.1) is 23.3 Å². The summed E-state index contributed by atoms with van der Waals surface area (Å²) in [5.74, 6) is -0.663. The van der Waals surface area contributed by atoms with Crippen LogP contribution in [0.25, 0.3) is 0 Å². The van der Waals surface area contributed by atoms with E-state index in [-0.39, 0.29) is 22.7 Å². The zero-order chi connectivity index (χ0) is 13.9. The Morgan fingerprint density at radius 1 is 1.50 bits per heavy atom. The molecule has 0 radical (unpaired) electrons. The van der Waals surface area contributed by atoms with Crippen molar-refractivity contribution in [1.29, 1.82) is 0 Å². The van der Waals surface area contributed by atoms with E-state index < -0.39 is 28.6 Å². The minimum absolute atomic E-state index is 0.109. The first-order valence-corrected chi connectivity index (χ1v) is 6.60. The molecule has 1 atom stereocenters. The van der Waals surface area contributed by atoms with Gasteiger partial charge in [0.1, 0.15) is 5.82 Å². The maximum absolute atomic E-state index is 13.3. The molecule has 1 aromatic carbocycles. The summed E-state index contributed by atoms with van der Waals surface area (Å²) >= 11 is 0. The number of nitrogens with two attached hydrogens (primary N) is 1. The molecule has 8 heteroatoms. The Balaban J connectivity index is 2.99. The molecule has 1 rings (SSSR count). The van der Waals surface area contributed by atoms with Gasteiger partial charge in [-0.25, -0.2) is 17.5 Å². The van der Waals surface area contributed by atoms with Crippen LogP contribution in [0.15, 0.2) is 17.0 Å². The van der Waals surface area contributed by atoms with Crippen LogP contribution in [0.1, 0.15) is 5.56 Å². The molecular formula is C10H15FN2O4S. The third-order valence-corrected chi connectivity index (χ3v) is 3.69. The van der Waals surface area contributed by atoms with E-state index in [1.165, 1.54) is 6.92 Å². The van der Waals surface area contributed by atoms with Gasteiger partial charge in [0.25, 0.3) is 0 Å². The summed E-state index contributed by atoms with van der Waals surface area (Å²) in [7, 11) is -3.89. The Morgan fingerprint density at radius 2 is 2.11 bits per heavy atom. The van der Waals surface area contributed by atoms with E-state index in [9.17, 15) is 12.8 Å². The lowest BCUT2D eigenvalue weighted by molar-refractivity contribution is 0.0988. The molecule has 6 nitrogen and oxygen atoms in total. The fourth-order valence-corrected chi connectivity index (χ4v) is 2.46. The van der Waals surface area contributed by atoms with E-state index in [0.29, 0.717) is 0 Å². The second-order valence-corrected chi connectivity index (χ2v) is 5.60. The maximum Gasteiger partial charge on any atom is 0.240 e. The van der Waals surface area contributed by atoms with Crippen molar-refractivity contribution in [2.24, 2.45) is 0 Å². The number of halogens is 1.